The number of aromatic nitrogens is 3. The van der Waals surface area contributed by atoms with Crippen molar-refractivity contribution in [3.05, 3.63) is 41.7 Å². The molecule has 16 heavy (non-hydrogen) atoms. The van der Waals surface area contributed by atoms with E-state index < -0.39 is 0 Å². The number of nitrogens with zero attached hydrogens (tertiary/aromatic N) is 3. The van der Waals surface area contributed by atoms with Crippen molar-refractivity contribution in [3.8, 4) is 0 Å². The van der Waals surface area contributed by atoms with Crippen molar-refractivity contribution >= 4 is 23.2 Å². The average Bonchev–Trinajstić information content (AvgIpc) is 2.68. The highest BCUT2D eigenvalue weighted by Crippen LogP contribution is 2.10. The van der Waals surface area contributed by atoms with Crippen LogP contribution in [0.1, 0.15) is 10.5 Å². The molecule has 0 aromatic carbocycles. The topological polar surface area (TPSA) is 59.8 Å². The molecule has 2 heterocycles. The lowest BCUT2D eigenvalue weighted by Crippen LogP contribution is -2.15. The molecule has 0 radical (unpaired) electrons. The summed E-state index contributed by atoms with van der Waals surface area (Å²) in [4.78, 5) is 19.5. The van der Waals surface area contributed by atoms with Crippen molar-refractivity contribution in [3.63, 3.8) is 0 Å². The summed E-state index contributed by atoms with van der Waals surface area (Å²) in [6.45, 7) is 0. The minimum Gasteiger partial charge on any atom is -0.330 e. The van der Waals surface area contributed by atoms with Gasteiger partial charge in [-0.25, -0.2) is 9.97 Å². The first-order valence-corrected chi connectivity index (χ1v) is 4.94. The van der Waals surface area contributed by atoms with E-state index in [4.69, 9.17) is 11.6 Å². The molecule has 0 spiro atoms. The molecule has 0 saturated heterocycles. The number of rotatable bonds is 2. The molecule has 0 aliphatic carbocycles. The molecule has 1 amide bonds. The van der Waals surface area contributed by atoms with Crippen molar-refractivity contribution in [1.29, 1.82) is 0 Å². The van der Waals surface area contributed by atoms with Crippen molar-refractivity contribution < 1.29 is 4.79 Å². The Bertz CT molecular complexity index is 506. The van der Waals surface area contributed by atoms with Crippen LogP contribution in [0.25, 0.3) is 0 Å². The van der Waals surface area contributed by atoms with Gasteiger partial charge in [-0.05, 0) is 12.1 Å². The standard InChI is InChI=1S/C10H9ClN4O/c1-15-6-12-5-8(15)10(16)14-7-2-3-9(11)13-4-7/h2-6H,1H3,(H,14,16). The molecule has 0 atom stereocenters. The maximum Gasteiger partial charge on any atom is 0.273 e. The number of imidazole rings is 1. The molecular weight excluding hydrogens is 228 g/mol. The summed E-state index contributed by atoms with van der Waals surface area (Å²) in [5.41, 5.74) is 1.07. The van der Waals surface area contributed by atoms with E-state index in [2.05, 4.69) is 15.3 Å². The van der Waals surface area contributed by atoms with Crippen molar-refractivity contribution in [2.24, 2.45) is 7.05 Å². The van der Waals surface area contributed by atoms with Crippen LogP contribution in [-0.2, 0) is 7.05 Å². The molecule has 2 aromatic heterocycles. The maximum absolute atomic E-state index is 11.7. The second kappa shape index (κ2) is 4.32. The Labute approximate surface area is 97.1 Å². The van der Waals surface area contributed by atoms with Crippen LogP contribution in [0.5, 0.6) is 0 Å². The van der Waals surface area contributed by atoms with E-state index in [9.17, 15) is 4.79 Å². The third-order valence-corrected chi connectivity index (χ3v) is 2.26. The van der Waals surface area contributed by atoms with Crippen LogP contribution in [0.2, 0.25) is 5.15 Å². The summed E-state index contributed by atoms with van der Waals surface area (Å²) in [6.07, 6.45) is 4.56. The second-order valence-corrected chi connectivity index (χ2v) is 3.60. The second-order valence-electron chi connectivity index (χ2n) is 3.21. The van der Waals surface area contributed by atoms with Crippen LogP contribution >= 0.6 is 11.6 Å². The summed E-state index contributed by atoms with van der Waals surface area (Å²) in [6, 6.07) is 3.30. The van der Waals surface area contributed by atoms with Crippen LogP contribution in [0.4, 0.5) is 5.69 Å². The Morgan fingerprint density at radius 1 is 1.44 bits per heavy atom. The van der Waals surface area contributed by atoms with Crippen molar-refractivity contribution in [2.75, 3.05) is 5.32 Å². The van der Waals surface area contributed by atoms with Crippen LogP contribution in [0.3, 0.4) is 0 Å². The van der Waals surface area contributed by atoms with E-state index in [1.165, 1.54) is 12.4 Å². The summed E-state index contributed by atoms with van der Waals surface area (Å²) >= 11 is 5.64. The van der Waals surface area contributed by atoms with Crippen LogP contribution in [0, 0.1) is 0 Å². The number of carbonyl (C=O) groups is 1. The largest absolute Gasteiger partial charge is 0.330 e. The first-order chi connectivity index (χ1) is 7.66. The number of hydrogen-bond donors (Lipinski definition) is 1. The van der Waals surface area contributed by atoms with E-state index >= 15 is 0 Å². The van der Waals surface area contributed by atoms with Gasteiger partial charge in [0.05, 0.1) is 24.4 Å². The number of amides is 1. The molecule has 0 aliphatic heterocycles. The summed E-state index contributed by atoms with van der Waals surface area (Å²) in [7, 11) is 1.75. The highest BCUT2D eigenvalue weighted by Gasteiger charge is 2.09. The molecule has 1 N–H and O–H groups in total. The number of pyridine rings is 1. The fraction of sp³-hybridized carbons (Fsp3) is 0.100. The lowest BCUT2D eigenvalue weighted by molar-refractivity contribution is 0.101. The highest BCUT2D eigenvalue weighted by atomic mass is 35.5. The smallest absolute Gasteiger partial charge is 0.273 e. The van der Waals surface area contributed by atoms with Gasteiger partial charge in [0.25, 0.3) is 5.91 Å². The number of nitrogens with one attached hydrogen (secondary N) is 1. The third-order valence-electron chi connectivity index (χ3n) is 2.03. The van der Waals surface area contributed by atoms with E-state index in [-0.39, 0.29) is 5.91 Å². The average molecular weight is 237 g/mol. The molecular formula is C10H9ClN4O. The molecule has 6 heteroatoms. The summed E-state index contributed by atoms with van der Waals surface area (Å²) in [5, 5.41) is 3.08. The Morgan fingerprint density at radius 2 is 2.25 bits per heavy atom. The number of carbonyl (C=O) groups excluding carboxylic acids is 1. The predicted octanol–water partition coefficient (Wildman–Crippen LogP) is 1.72. The SMILES string of the molecule is Cn1cncc1C(=O)Nc1ccc(Cl)nc1. The lowest BCUT2D eigenvalue weighted by Gasteiger charge is -2.04. The van der Waals surface area contributed by atoms with Gasteiger partial charge in [-0.2, -0.15) is 0 Å². The molecule has 0 bridgehead atoms. The van der Waals surface area contributed by atoms with Gasteiger partial charge in [-0.1, -0.05) is 11.6 Å². The monoisotopic (exact) mass is 236 g/mol. The van der Waals surface area contributed by atoms with Crippen molar-refractivity contribution in [2.45, 2.75) is 0 Å². The molecule has 0 aliphatic rings. The fourth-order valence-electron chi connectivity index (χ4n) is 1.22. The van der Waals surface area contributed by atoms with Crippen LogP contribution in [0.15, 0.2) is 30.9 Å². The molecule has 2 rings (SSSR count). The summed E-state index contributed by atoms with van der Waals surface area (Å²) in [5.74, 6) is -0.232. The quantitative estimate of drug-likeness (QED) is 0.808. The number of hydrogen-bond acceptors (Lipinski definition) is 3. The minimum absolute atomic E-state index is 0.232. The van der Waals surface area contributed by atoms with Gasteiger partial charge in [-0.3, -0.25) is 4.79 Å². The summed E-state index contributed by atoms with van der Waals surface area (Å²) < 4.78 is 1.64. The van der Waals surface area contributed by atoms with E-state index in [0.29, 0.717) is 16.5 Å². The van der Waals surface area contributed by atoms with Gasteiger partial charge in [0, 0.05) is 7.05 Å². The third kappa shape index (κ3) is 2.20. The number of aryl methyl sites for hydroxylation is 1. The minimum atomic E-state index is -0.232. The molecule has 0 saturated carbocycles. The molecule has 0 fully saturated rings. The fourth-order valence-corrected chi connectivity index (χ4v) is 1.33. The molecule has 0 unspecified atom stereocenters. The van der Waals surface area contributed by atoms with Crippen LogP contribution in [-0.4, -0.2) is 20.4 Å². The normalized spacial score (nSPS) is 10.1. The van der Waals surface area contributed by atoms with Gasteiger partial charge in [0.15, 0.2) is 0 Å². The first-order valence-electron chi connectivity index (χ1n) is 4.56. The van der Waals surface area contributed by atoms with Crippen LogP contribution < -0.4 is 5.32 Å². The number of anilines is 1. The van der Waals surface area contributed by atoms with Crippen molar-refractivity contribution in [1.82, 2.24) is 14.5 Å². The molecule has 82 valence electrons. The maximum atomic E-state index is 11.7. The Hall–Kier alpha value is -1.88. The zero-order chi connectivity index (χ0) is 11.5. The lowest BCUT2D eigenvalue weighted by atomic mass is 10.3. The predicted molar refractivity (Wildman–Crippen MR) is 60.4 cm³/mol. The molecule has 2 aromatic rings. The number of halogens is 1. The van der Waals surface area contributed by atoms with Gasteiger partial charge in [0.1, 0.15) is 10.8 Å². The zero-order valence-corrected chi connectivity index (χ0v) is 9.27. The van der Waals surface area contributed by atoms with E-state index in [0.717, 1.165) is 0 Å². The molecule has 5 nitrogen and oxygen atoms in total. The van der Waals surface area contributed by atoms with Gasteiger partial charge in [0.2, 0.25) is 0 Å². The van der Waals surface area contributed by atoms with E-state index in [1.807, 2.05) is 0 Å². The Kier molecular flexibility index (Phi) is 2.87. The first kappa shape index (κ1) is 10.6. The van der Waals surface area contributed by atoms with Gasteiger partial charge in [-0.15, -0.1) is 0 Å². The zero-order valence-electron chi connectivity index (χ0n) is 8.51. The van der Waals surface area contributed by atoms with E-state index in [1.54, 1.807) is 30.1 Å². The highest BCUT2D eigenvalue weighted by molar-refractivity contribution is 6.29. The van der Waals surface area contributed by atoms with Gasteiger partial charge < -0.3 is 9.88 Å². The van der Waals surface area contributed by atoms with Gasteiger partial charge >= 0.3 is 0 Å². The Balaban J connectivity index is 2.14. The Morgan fingerprint density at radius 3 is 2.81 bits per heavy atom.